The Morgan fingerprint density at radius 2 is 1.57 bits per heavy atom. The third kappa shape index (κ3) is 6.92. The first-order valence-electron chi connectivity index (χ1n) is 10.1. The standard InChI is InChI=1S/C23H29N3O4/c1-4-16(3)20(24-23(29)30-15-18-9-7-6-8-10-18)22(28)26-25-21(27)19-13-11-17(5-2)12-14-19/h6-14,16,20H,4-5,15H2,1-3H3,(H,24,29)(H,25,27)(H,26,28)/t16-,20-/m0/s1. The largest absolute Gasteiger partial charge is 0.445 e. The molecule has 7 heteroatoms. The number of benzene rings is 2. The highest BCUT2D eigenvalue weighted by molar-refractivity contribution is 5.96. The van der Waals surface area contributed by atoms with Gasteiger partial charge in [0.15, 0.2) is 0 Å². The SMILES string of the molecule is CCc1ccc(C(=O)NNC(=O)[C@@H](NC(=O)OCc2ccccc2)[C@@H](C)CC)cc1. The van der Waals surface area contributed by atoms with Gasteiger partial charge in [-0.3, -0.25) is 20.4 Å². The quantitative estimate of drug-likeness (QED) is 0.581. The molecule has 0 saturated heterocycles. The van der Waals surface area contributed by atoms with Gasteiger partial charge in [0.05, 0.1) is 0 Å². The van der Waals surface area contributed by atoms with Gasteiger partial charge in [0.25, 0.3) is 11.8 Å². The first kappa shape index (κ1) is 22.9. The minimum atomic E-state index is -0.846. The average Bonchev–Trinajstić information content (AvgIpc) is 2.79. The van der Waals surface area contributed by atoms with Crippen molar-refractivity contribution < 1.29 is 19.1 Å². The van der Waals surface area contributed by atoms with Crippen molar-refractivity contribution in [1.82, 2.24) is 16.2 Å². The van der Waals surface area contributed by atoms with Crippen LogP contribution < -0.4 is 16.2 Å². The van der Waals surface area contributed by atoms with Gasteiger partial charge in [0.2, 0.25) is 0 Å². The van der Waals surface area contributed by atoms with Crippen LogP contribution >= 0.6 is 0 Å². The van der Waals surface area contributed by atoms with Crippen molar-refractivity contribution in [2.45, 2.75) is 46.3 Å². The van der Waals surface area contributed by atoms with Crippen molar-refractivity contribution in [2.75, 3.05) is 0 Å². The molecule has 0 fully saturated rings. The molecule has 0 aliphatic heterocycles. The first-order valence-corrected chi connectivity index (χ1v) is 10.1. The summed E-state index contributed by atoms with van der Waals surface area (Å²) in [7, 11) is 0. The number of nitrogens with one attached hydrogen (secondary N) is 3. The number of alkyl carbamates (subject to hydrolysis) is 1. The van der Waals surface area contributed by atoms with E-state index >= 15 is 0 Å². The molecule has 0 saturated carbocycles. The molecule has 2 aromatic carbocycles. The molecule has 0 radical (unpaired) electrons. The van der Waals surface area contributed by atoms with Crippen molar-refractivity contribution in [2.24, 2.45) is 5.92 Å². The highest BCUT2D eigenvalue weighted by Gasteiger charge is 2.27. The average molecular weight is 412 g/mol. The van der Waals surface area contributed by atoms with E-state index in [0.717, 1.165) is 17.5 Å². The lowest BCUT2D eigenvalue weighted by Gasteiger charge is -2.23. The maximum Gasteiger partial charge on any atom is 0.408 e. The molecular formula is C23H29N3O4. The third-order valence-corrected chi connectivity index (χ3v) is 4.91. The fraction of sp³-hybridized carbons (Fsp3) is 0.348. The number of carbonyl (C=O) groups is 3. The summed E-state index contributed by atoms with van der Waals surface area (Å²) in [5.41, 5.74) is 7.19. The Labute approximate surface area is 177 Å². The second-order valence-electron chi connectivity index (χ2n) is 7.06. The van der Waals surface area contributed by atoms with Crippen LogP contribution in [-0.4, -0.2) is 23.9 Å². The van der Waals surface area contributed by atoms with Crippen molar-refractivity contribution in [1.29, 1.82) is 0 Å². The summed E-state index contributed by atoms with van der Waals surface area (Å²) in [6.45, 7) is 5.89. The Bertz CT molecular complexity index is 837. The summed E-state index contributed by atoms with van der Waals surface area (Å²) < 4.78 is 5.20. The zero-order chi connectivity index (χ0) is 21.9. The lowest BCUT2D eigenvalue weighted by molar-refractivity contribution is -0.125. The van der Waals surface area contributed by atoms with Crippen LogP contribution in [0.2, 0.25) is 0 Å². The minimum Gasteiger partial charge on any atom is -0.445 e. The molecule has 2 rings (SSSR count). The maximum absolute atomic E-state index is 12.6. The molecule has 3 amide bonds. The molecule has 0 unspecified atom stereocenters. The number of hydrogen-bond donors (Lipinski definition) is 3. The number of rotatable bonds is 8. The Hall–Kier alpha value is -3.35. The molecule has 3 N–H and O–H groups in total. The van der Waals surface area contributed by atoms with E-state index in [1.807, 2.05) is 63.2 Å². The van der Waals surface area contributed by atoms with Crippen LogP contribution in [0.15, 0.2) is 54.6 Å². The van der Waals surface area contributed by atoms with Gasteiger partial charge in [-0.1, -0.05) is 69.7 Å². The summed E-state index contributed by atoms with van der Waals surface area (Å²) in [5, 5.41) is 2.59. The number of carbonyl (C=O) groups excluding carboxylic acids is 3. The van der Waals surface area contributed by atoms with E-state index in [4.69, 9.17) is 4.74 Å². The summed E-state index contributed by atoms with van der Waals surface area (Å²) in [4.78, 5) is 37.0. The topological polar surface area (TPSA) is 96.5 Å². The summed E-state index contributed by atoms with van der Waals surface area (Å²) in [6.07, 6.45) is 0.839. The second-order valence-corrected chi connectivity index (χ2v) is 7.06. The number of aryl methyl sites for hydroxylation is 1. The van der Waals surface area contributed by atoms with E-state index < -0.39 is 23.9 Å². The lowest BCUT2D eigenvalue weighted by atomic mass is 9.99. The van der Waals surface area contributed by atoms with Gasteiger partial charge < -0.3 is 10.1 Å². The number of ether oxygens (including phenoxy) is 1. The van der Waals surface area contributed by atoms with E-state index in [0.29, 0.717) is 12.0 Å². The van der Waals surface area contributed by atoms with Crippen molar-refractivity contribution in [3.05, 3.63) is 71.3 Å². The van der Waals surface area contributed by atoms with E-state index in [2.05, 4.69) is 16.2 Å². The molecular weight excluding hydrogens is 382 g/mol. The summed E-state index contributed by atoms with van der Waals surface area (Å²) >= 11 is 0. The van der Waals surface area contributed by atoms with Crippen LogP contribution in [0.4, 0.5) is 4.79 Å². The molecule has 0 aromatic heterocycles. The zero-order valence-corrected chi connectivity index (χ0v) is 17.6. The van der Waals surface area contributed by atoms with Crippen molar-refractivity contribution in [3.8, 4) is 0 Å². The number of hydrogen-bond acceptors (Lipinski definition) is 4. The molecule has 2 atom stereocenters. The normalized spacial score (nSPS) is 12.4. The van der Waals surface area contributed by atoms with Crippen molar-refractivity contribution >= 4 is 17.9 Å². The molecule has 160 valence electrons. The van der Waals surface area contributed by atoms with Crippen LogP contribution in [-0.2, 0) is 22.6 Å². The zero-order valence-electron chi connectivity index (χ0n) is 17.6. The number of amides is 3. The monoisotopic (exact) mass is 411 g/mol. The number of hydrazine groups is 1. The highest BCUT2D eigenvalue weighted by atomic mass is 16.5. The van der Waals surface area contributed by atoms with Gasteiger partial charge in [-0.25, -0.2) is 4.79 Å². The molecule has 30 heavy (non-hydrogen) atoms. The molecule has 0 aliphatic carbocycles. The molecule has 2 aromatic rings. The van der Waals surface area contributed by atoms with E-state index in [9.17, 15) is 14.4 Å². The Balaban J connectivity index is 1.90. The Morgan fingerprint density at radius 3 is 2.17 bits per heavy atom. The van der Waals surface area contributed by atoms with Crippen LogP contribution in [0.1, 0.15) is 48.7 Å². The smallest absolute Gasteiger partial charge is 0.408 e. The van der Waals surface area contributed by atoms with Crippen LogP contribution in [0.5, 0.6) is 0 Å². The van der Waals surface area contributed by atoms with E-state index in [-0.39, 0.29) is 12.5 Å². The summed E-state index contributed by atoms with van der Waals surface area (Å²) in [6, 6.07) is 15.5. The maximum atomic E-state index is 12.6. The predicted molar refractivity (Wildman–Crippen MR) is 114 cm³/mol. The molecule has 0 spiro atoms. The van der Waals surface area contributed by atoms with E-state index in [1.54, 1.807) is 12.1 Å². The van der Waals surface area contributed by atoms with Crippen molar-refractivity contribution in [3.63, 3.8) is 0 Å². The fourth-order valence-corrected chi connectivity index (χ4v) is 2.75. The molecule has 0 heterocycles. The van der Waals surface area contributed by atoms with Crippen LogP contribution in [0.25, 0.3) is 0 Å². The van der Waals surface area contributed by atoms with Gasteiger partial charge in [-0.2, -0.15) is 0 Å². The van der Waals surface area contributed by atoms with Gasteiger partial charge in [0.1, 0.15) is 12.6 Å². The molecule has 0 aliphatic rings. The first-order chi connectivity index (χ1) is 14.4. The van der Waals surface area contributed by atoms with Gasteiger partial charge in [-0.05, 0) is 35.6 Å². The van der Waals surface area contributed by atoms with Gasteiger partial charge in [-0.15, -0.1) is 0 Å². The Morgan fingerprint density at radius 1 is 0.900 bits per heavy atom. The molecule has 0 bridgehead atoms. The third-order valence-electron chi connectivity index (χ3n) is 4.91. The highest BCUT2D eigenvalue weighted by Crippen LogP contribution is 2.09. The van der Waals surface area contributed by atoms with Crippen LogP contribution in [0.3, 0.4) is 0 Å². The van der Waals surface area contributed by atoms with Gasteiger partial charge >= 0.3 is 6.09 Å². The lowest BCUT2D eigenvalue weighted by Crippen LogP contribution is -2.54. The van der Waals surface area contributed by atoms with Crippen LogP contribution in [0, 0.1) is 5.92 Å². The predicted octanol–water partition coefficient (Wildman–Crippen LogP) is 3.35. The summed E-state index contributed by atoms with van der Waals surface area (Å²) in [5.74, 6) is -1.10. The van der Waals surface area contributed by atoms with Gasteiger partial charge in [0, 0.05) is 5.56 Å². The Kier molecular flexibility index (Phi) is 8.87. The second kappa shape index (κ2) is 11.6. The minimum absolute atomic E-state index is 0.103. The van der Waals surface area contributed by atoms with E-state index in [1.165, 1.54) is 0 Å². The fourth-order valence-electron chi connectivity index (χ4n) is 2.75. The molecule has 7 nitrogen and oxygen atoms in total.